The van der Waals surface area contributed by atoms with Crippen LogP contribution >= 0.6 is 11.6 Å². The highest BCUT2D eigenvalue weighted by atomic mass is 35.5. The molecule has 0 aliphatic heterocycles. The fraction of sp³-hybridized carbons (Fsp3) is 0.400. The average Bonchev–Trinajstić information content (AvgIpc) is 2.20. The molecule has 9 heavy (non-hydrogen) atoms. The number of rotatable bonds is 2. The Morgan fingerprint density at radius 1 is 2.00 bits per heavy atom. The number of aliphatic hydroxyl groups is 1. The van der Waals surface area contributed by atoms with Gasteiger partial charge < -0.3 is 5.11 Å². The summed E-state index contributed by atoms with van der Waals surface area (Å²) >= 11 is 5.73. The fourth-order valence-electron chi connectivity index (χ4n) is 0.562. The predicted octanol–water partition coefficient (Wildman–Crippen LogP) is 0.864. The summed E-state index contributed by atoms with van der Waals surface area (Å²) in [6.45, 7) is 1.94. The van der Waals surface area contributed by atoms with Crippen molar-refractivity contribution < 1.29 is 5.11 Å². The number of nitrogens with one attached hydrogen (secondary N) is 1. The molecule has 3 nitrogen and oxygen atoms in total. The highest BCUT2D eigenvalue weighted by Gasteiger charge is 2.04. The van der Waals surface area contributed by atoms with Crippen LogP contribution in [-0.2, 0) is 6.61 Å². The van der Waals surface area contributed by atoms with Crippen molar-refractivity contribution in [3.8, 4) is 0 Å². The average molecular weight is 149 g/mol. The van der Waals surface area contributed by atoms with E-state index in [4.69, 9.17) is 13.0 Å². The van der Waals surface area contributed by atoms with Crippen molar-refractivity contribution in [2.75, 3.05) is 0 Å². The molecule has 4 heteroatoms. The molecule has 0 bridgehead atoms. The third-order valence-corrected chi connectivity index (χ3v) is 1.58. The van der Waals surface area contributed by atoms with E-state index < -0.39 is 0 Å². The standard InChI is InChI=1S/C5H7ClN2O/c1-3-5(6)4(2-9)8-7-3/h9H,2H2,1H3,(H,7,8)/i9T. The van der Waals surface area contributed by atoms with Gasteiger partial charge in [0.05, 0.1) is 17.3 Å². The Balaban J connectivity index is 2.83. The summed E-state index contributed by atoms with van der Waals surface area (Å²) < 4.78 is 6.43. The van der Waals surface area contributed by atoms with Gasteiger partial charge in [-0.3, -0.25) is 5.10 Å². The highest BCUT2D eigenvalue weighted by molar-refractivity contribution is 6.31. The topological polar surface area (TPSA) is 48.9 Å². The van der Waals surface area contributed by atoms with Crippen molar-refractivity contribution in [2.45, 2.75) is 13.5 Å². The molecule has 0 fully saturated rings. The lowest BCUT2D eigenvalue weighted by Gasteiger charge is -1.85. The molecule has 0 aromatic carbocycles. The molecule has 0 saturated carbocycles. The van der Waals surface area contributed by atoms with Crippen LogP contribution in [0.15, 0.2) is 0 Å². The zero-order chi connectivity index (χ0) is 7.56. The third kappa shape index (κ3) is 1.06. The molecule has 1 heterocycles. The van der Waals surface area contributed by atoms with Crippen molar-refractivity contribution in [2.24, 2.45) is 0 Å². The maximum atomic E-state index is 6.43. The number of halogens is 1. The molecule has 0 spiro atoms. The van der Waals surface area contributed by atoms with Crippen LogP contribution in [0.25, 0.3) is 0 Å². The molecule has 0 atom stereocenters. The van der Waals surface area contributed by atoms with E-state index in [1.807, 2.05) is 6.92 Å². The van der Waals surface area contributed by atoms with Gasteiger partial charge in [0, 0.05) is 0 Å². The zero-order valence-corrected chi connectivity index (χ0v) is 5.70. The largest absolute Gasteiger partial charge is 0.390 e. The van der Waals surface area contributed by atoms with Gasteiger partial charge in [-0.1, -0.05) is 11.6 Å². The van der Waals surface area contributed by atoms with E-state index in [0.717, 1.165) is 5.69 Å². The van der Waals surface area contributed by atoms with E-state index in [2.05, 4.69) is 15.3 Å². The summed E-state index contributed by atoms with van der Waals surface area (Å²) in [6, 6.07) is 0. The van der Waals surface area contributed by atoms with E-state index in [1.54, 1.807) is 0 Å². The normalized spacial score (nSPS) is 11.6. The van der Waals surface area contributed by atoms with Crippen LogP contribution < -0.4 is 0 Å². The minimum Gasteiger partial charge on any atom is -0.390 e. The van der Waals surface area contributed by atoms with E-state index in [1.165, 1.54) is 0 Å². The van der Waals surface area contributed by atoms with E-state index >= 15 is 0 Å². The summed E-state index contributed by atoms with van der Waals surface area (Å²) in [6.07, 6.45) is 0. The molecule has 1 aromatic rings. The summed E-state index contributed by atoms with van der Waals surface area (Å²) in [7, 11) is 0. The Morgan fingerprint density at radius 3 is 3.22 bits per heavy atom. The second-order valence-corrected chi connectivity index (χ2v) is 2.13. The molecule has 50 valence electrons. The van der Waals surface area contributed by atoms with Crippen molar-refractivity contribution >= 4 is 11.6 Å². The molecular formula is C5H7ClN2O. The Labute approximate surface area is 59.1 Å². The number of aromatic amines is 1. The number of aromatic nitrogens is 2. The smallest absolute Gasteiger partial charge is 0.211 e. The summed E-state index contributed by atoms with van der Waals surface area (Å²) in [5.41, 5.74) is 1.38. The number of hydrogen-bond acceptors (Lipinski definition) is 2. The Hall–Kier alpha value is -0.540. The molecule has 0 aliphatic carbocycles. The van der Waals surface area contributed by atoms with Gasteiger partial charge in [-0.15, -0.1) is 0 Å². The molecule has 0 unspecified atom stereocenters. The summed E-state index contributed by atoms with van der Waals surface area (Å²) in [5, 5.41) is 11.1. The summed E-state index contributed by atoms with van der Waals surface area (Å²) in [5.74, 6) is 0. The van der Waals surface area contributed by atoms with Crippen molar-refractivity contribution in [1.82, 2.24) is 10.2 Å². The summed E-state index contributed by atoms with van der Waals surface area (Å²) in [4.78, 5) is 0. The second kappa shape index (κ2) is 2.37. The van der Waals surface area contributed by atoms with Crippen LogP contribution in [0, 0.1) is 6.92 Å². The molecule has 0 aliphatic rings. The minimum absolute atomic E-state index is 0.128. The van der Waals surface area contributed by atoms with Crippen LogP contribution in [0.3, 0.4) is 0 Å². The first-order valence-corrected chi connectivity index (χ1v) is 2.91. The Morgan fingerprint density at radius 2 is 2.78 bits per heavy atom. The first-order valence-electron chi connectivity index (χ1n) is 2.94. The van der Waals surface area contributed by atoms with Crippen LogP contribution in [-0.4, -0.2) is 16.7 Å². The number of aliphatic hydroxyl groups excluding tert-OH is 1. The van der Waals surface area contributed by atoms with E-state index in [0.29, 0.717) is 10.7 Å². The minimum atomic E-state index is 0.128. The lowest BCUT2D eigenvalue weighted by atomic mass is 10.4. The van der Waals surface area contributed by atoms with E-state index in [9.17, 15) is 0 Å². The Kier molecular flexibility index (Phi) is 1.39. The van der Waals surface area contributed by atoms with Gasteiger partial charge in [0.15, 0.2) is 0 Å². The Bertz CT molecular complexity index is 225. The van der Waals surface area contributed by atoms with Crippen molar-refractivity contribution in [3.05, 3.63) is 16.4 Å². The predicted molar refractivity (Wildman–Crippen MR) is 34.3 cm³/mol. The van der Waals surface area contributed by atoms with Crippen molar-refractivity contribution in [3.63, 3.8) is 0 Å². The first kappa shape index (κ1) is 5.26. The number of hydrogen-bond donors (Lipinski definition) is 2. The molecule has 0 radical (unpaired) electrons. The molecule has 1 aromatic heterocycles. The van der Waals surface area contributed by atoms with Gasteiger partial charge in [0.1, 0.15) is 5.69 Å². The number of nitrogens with zero attached hydrogens (tertiary/aromatic N) is 1. The van der Waals surface area contributed by atoms with E-state index in [-0.39, 0.29) is 6.61 Å². The lowest BCUT2D eigenvalue weighted by molar-refractivity contribution is 0.277. The zero-order valence-electron chi connectivity index (χ0n) is 5.94. The quantitative estimate of drug-likeness (QED) is 0.654. The second-order valence-electron chi connectivity index (χ2n) is 1.75. The van der Waals surface area contributed by atoms with Crippen LogP contribution in [0.5, 0.6) is 0 Å². The lowest BCUT2D eigenvalue weighted by Crippen LogP contribution is -1.81. The fourth-order valence-corrected chi connectivity index (χ4v) is 0.701. The van der Waals surface area contributed by atoms with Gasteiger partial charge in [0.25, 0.3) is 0 Å². The van der Waals surface area contributed by atoms with Crippen LogP contribution in [0.2, 0.25) is 5.02 Å². The molecule has 0 saturated heterocycles. The van der Waals surface area contributed by atoms with Gasteiger partial charge >= 0.3 is 0 Å². The first-order chi connectivity index (χ1) is 4.75. The van der Waals surface area contributed by atoms with Gasteiger partial charge in [0.2, 0.25) is 1.43 Å². The van der Waals surface area contributed by atoms with Gasteiger partial charge in [-0.25, -0.2) is 0 Å². The van der Waals surface area contributed by atoms with Crippen molar-refractivity contribution in [1.29, 1.82) is 1.43 Å². The maximum absolute atomic E-state index is 6.43. The highest BCUT2D eigenvalue weighted by Crippen LogP contribution is 2.16. The monoisotopic (exact) mass is 148 g/mol. The number of aryl methyl sites for hydroxylation is 1. The van der Waals surface area contributed by atoms with Crippen LogP contribution in [0.1, 0.15) is 11.4 Å². The van der Waals surface area contributed by atoms with Gasteiger partial charge in [-0.2, -0.15) is 5.10 Å². The SMILES string of the molecule is [3H]OCc1n[nH]c(C)c1Cl. The molecule has 1 rings (SSSR count). The molecule has 2 N–H and O–H groups in total. The van der Waals surface area contributed by atoms with Crippen LogP contribution in [0.4, 0.5) is 0 Å². The third-order valence-electron chi connectivity index (χ3n) is 1.08. The van der Waals surface area contributed by atoms with Gasteiger partial charge in [-0.05, 0) is 6.92 Å². The number of H-pyrrole nitrogens is 1. The molecular weight excluding hydrogens is 140 g/mol. The maximum Gasteiger partial charge on any atom is 0.211 e. The molecule has 0 amide bonds.